The number of hydrogen-bond acceptors (Lipinski definition) is 9. The van der Waals surface area contributed by atoms with Gasteiger partial charge in [-0.15, -0.1) is 22.7 Å². The predicted octanol–water partition coefficient (Wildman–Crippen LogP) is 5.01. The summed E-state index contributed by atoms with van der Waals surface area (Å²) in [7, 11) is 3.84. The standard InChI is InChI=1S/C29H34N2O6S2/c1-30(15-16-31(2)27(33)20-35-23-11-7-21(19-32)8-12-23)22-9-13-24(14-10-22)36-37-29(34)28(25-5-3-17-38-25)26-6-4-18-39-26/h3-8,11-12,17-19,22,24,28H,9-10,13-16,20H2,1-2H3. The van der Waals surface area contributed by atoms with E-state index in [1.165, 1.54) is 22.7 Å². The maximum Gasteiger partial charge on any atom is 0.355 e. The lowest BCUT2D eigenvalue weighted by Crippen LogP contribution is -2.42. The van der Waals surface area contributed by atoms with E-state index in [1.807, 2.05) is 35.0 Å². The molecular weight excluding hydrogens is 536 g/mol. The minimum atomic E-state index is -0.458. The first-order chi connectivity index (χ1) is 18.9. The van der Waals surface area contributed by atoms with Crippen LogP contribution in [-0.2, 0) is 19.4 Å². The van der Waals surface area contributed by atoms with Crippen molar-refractivity contribution >= 4 is 40.8 Å². The van der Waals surface area contributed by atoms with Gasteiger partial charge in [-0.2, -0.15) is 4.89 Å². The second-order valence-electron chi connectivity index (χ2n) is 9.66. The van der Waals surface area contributed by atoms with Gasteiger partial charge in [0.25, 0.3) is 5.91 Å². The highest BCUT2D eigenvalue weighted by Crippen LogP contribution is 2.33. The van der Waals surface area contributed by atoms with Crippen LogP contribution in [-0.4, -0.2) is 73.9 Å². The maximum absolute atomic E-state index is 12.9. The molecule has 0 atom stereocenters. The van der Waals surface area contributed by atoms with Crippen molar-refractivity contribution in [1.82, 2.24) is 9.80 Å². The second kappa shape index (κ2) is 14.4. The molecule has 208 valence electrons. The van der Waals surface area contributed by atoms with Gasteiger partial charge in [0.2, 0.25) is 0 Å². The van der Waals surface area contributed by atoms with E-state index in [9.17, 15) is 14.4 Å². The molecule has 2 aromatic heterocycles. The number of ether oxygens (including phenoxy) is 1. The van der Waals surface area contributed by atoms with Gasteiger partial charge in [-0.1, -0.05) is 12.1 Å². The number of thiophene rings is 2. The summed E-state index contributed by atoms with van der Waals surface area (Å²) >= 11 is 3.07. The summed E-state index contributed by atoms with van der Waals surface area (Å²) in [6, 6.07) is 14.8. The SMILES string of the molecule is CN(CCN(C)C1CCC(OOC(=O)C(c2cccs2)c2cccs2)CC1)C(=O)COc1ccc(C=O)cc1. The van der Waals surface area contributed by atoms with Crippen molar-refractivity contribution in [1.29, 1.82) is 0 Å². The zero-order valence-electron chi connectivity index (χ0n) is 22.2. The highest BCUT2D eigenvalue weighted by molar-refractivity contribution is 7.11. The normalized spacial score (nSPS) is 17.2. The van der Waals surface area contributed by atoms with Crippen LogP contribution in [0.1, 0.15) is 51.7 Å². The Morgan fingerprint density at radius 2 is 1.59 bits per heavy atom. The number of benzene rings is 1. The van der Waals surface area contributed by atoms with Crippen molar-refractivity contribution in [2.45, 2.75) is 43.7 Å². The van der Waals surface area contributed by atoms with Crippen molar-refractivity contribution in [3.05, 3.63) is 74.6 Å². The molecular formula is C29H34N2O6S2. The van der Waals surface area contributed by atoms with E-state index in [-0.39, 0.29) is 24.6 Å². The average molecular weight is 571 g/mol. The number of rotatable bonds is 13. The number of likely N-dealkylation sites (N-methyl/N-ethyl adjacent to an activating group) is 2. The van der Waals surface area contributed by atoms with Crippen LogP contribution in [0.25, 0.3) is 0 Å². The highest BCUT2D eigenvalue weighted by Gasteiger charge is 2.30. The predicted molar refractivity (Wildman–Crippen MR) is 151 cm³/mol. The van der Waals surface area contributed by atoms with Gasteiger partial charge in [0, 0.05) is 41.5 Å². The summed E-state index contributed by atoms with van der Waals surface area (Å²) in [5.41, 5.74) is 0.562. The van der Waals surface area contributed by atoms with Gasteiger partial charge in [0.05, 0.1) is 0 Å². The summed E-state index contributed by atoms with van der Waals surface area (Å²) in [6.07, 6.45) is 4.11. The van der Waals surface area contributed by atoms with E-state index < -0.39 is 5.92 Å². The van der Waals surface area contributed by atoms with Crippen molar-refractivity contribution < 1.29 is 28.9 Å². The molecule has 0 bridgehead atoms. The molecule has 4 rings (SSSR count). The Bertz CT molecular complexity index is 1140. The topological polar surface area (TPSA) is 85.4 Å². The van der Waals surface area contributed by atoms with Crippen LogP contribution >= 0.6 is 22.7 Å². The third-order valence-electron chi connectivity index (χ3n) is 7.02. The molecule has 39 heavy (non-hydrogen) atoms. The molecule has 1 amide bonds. The van der Waals surface area contributed by atoms with Gasteiger partial charge < -0.3 is 14.5 Å². The van der Waals surface area contributed by atoms with Crippen LogP contribution < -0.4 is 4.74 Å². The number of nitrogens with zero attached hydrogens (tertiary/aromatic N) is 2. The third kappa shape index (κ3) is 8.22. The minimum Gasteiger partial charge on any atom is -0.484 e. The van der Waals surface area contributed by atoms with Crippen molar-refractivity contribution in [3.8, 4) is 5.75 Å². The number of carbonyl (C=O) groups excluding carboxylic acids is 3. The average Bonchev–Trinajstić information content (AvgIpc) is 3.70. The second-order valence-corrected chi connectivity index (χ2v) is 11.6. The van der Waals surface area contributed by atoms with Crippen LogP contribution in [0.15, 0.2) is 59.3 Å². The van der Waals surface area contributed by atoms with E-state index in [0.29, 0.717) is 23.9 Å². The lowest BCUT2D eigenvalue weighted by atomic mass is 9.92. The Morgan fingerprint density at radius 1 is 0.949 bits per heavy atom. The van der Waals surface area contributed by atoms with E-state index in [1.54, 1.807) is 36.2 Å². The molecule has 3 aromatic rings. The zero-order chi connectivity index (χ0) is 27.6. The van der Waals surface area contributed by atoms with E-state index in [0.717, 1.165) is 48.3 Å². The molecule has 1 fully saturated rings. The van der Waals surface area contributed by atoms with Gasteiger partial charge in [0.15, 0.2) is 6.61 Å². The molecule has 1 aliphatic carbocycles. The molecule has 0 aliphatic heterocycles. The quantitative estimate of drug-likeness (QED) is 0.162. The van der Waals surface area contributed by atoms with Crippen molar-refractivity contribution in [3.63, 3.8) is 0 Å². The van der Waals surface area contributed by atoms with Gasteiger partial charge in [-0.3, -0.25) is 14.5 Å². The fourth-order valence-corrected chi connectivity index (χ4v) is 6.28. The smallest absolute Gasteiger partial charge is 0.355 e. The summed E-state index contributed by atoms with van der Waals surface area (Å²) in [6.45, 7) is 1.27. The molecule has 0 spiro atoms. The number of amides is 1. The zero-order valence-corrected chi connectivity index (χ0v) is 23.8. The Labute approximate surface area is 237 Å². The fraction of sp³-hybridized carbons (Fsp3) is 0.414. The molecule has 1 aromatic carbocycles. The fourth-order valence-electron chi connectivity index (χ4n) is 4.54. The van der Waals surface area contributed by atoms with Crippen LogP contribution in [0.3, 0.4) is 0 Å². The molecule has 8 nitrogen and oxygen atoms in total. The molecule has 0 N–H and O–H groups in total. The Balaban J connectivity index is 1.15. The highest BCUT2D eigenvalue weighted by atomic mass is 32.1. The summed E-state index contributed by atoms with van der Waals surface area (Å²) in [5.74, 6) is -0.391. The monoisotopic (exact) mass is 570 g/mol. The number of hydrogen-bond donors (Lipinski definition) is 0. The largest absolute Gasteiger partial charge is 0.484 e. The molecule has 2 heterocycles. The first kappa shape index (κ1) is 28.9. The van der Waals surface area contributed by atoms with Crippen LogP contribution in [0.5, 0.6) is 5.75 Å². The summed E-state index contributed by atoms with van der Waals surface area (Å²) < 4.78 is 5.55. The molecule has 0 saturated heterocycles. The van der Waals surface area contributed by atoms with E-state index >= 15 is 0 Å². The van der Waals surface area contributed by atoms with Crippen molar-refractivity contribution in [2.75, 3.05) is 33.8 Å². The lowest BCUT2D eigenvalue weighted by molar-refractivity contribution is -0.303. The summed E-state index contributed by atoms with van der Waals surface area (Å²) in [5, 5.41) is 3.92. The minimum absolute atomic E-state index is 0.0539. The van der Waals surface area contributed by atoms with Gasteiger partial charge in [0.1, 0.15) is 24.1 Å². The summed E-state index contributed by atoms with van der Waals surface area (Å²) in [4.78, 5) is 52.9. The number of aldehydes is 1. The first-order valence-corrected chi connectivity index (χ1v) is 14.8. The molecule has 0 unspecified atom stereocenters. The maximum atomic E-state index is 12.9. The Kier molecular flexibility index (Phi) is 10.7. The molecule has 1 aliphatic rings. The third-order valence-corrected chi connectivity index (χ3v) is 8.89. The van der Waals surface area contributed by atoms with E-state index in [4.69, 9.17) is 14.5 Å². The van der Waals surface area contributed by atoms with Gasteiger partial charge in [-0.25, -0.2) is 4.79 Å². The van der Waals surface area contributed by atoms with Crippen LogP contribution in [0, 0.1) is 0 Å². The Hall–Kier alpha value is -3.05. The molecule has 0 radical (unpaired) electrons. The Morgan fingerprint density at radius 3 is 2.15 bits per heavy atom. The number of carbonyl (C=O) groups is 3. The van der Waals surface area contributed by atoms with Crippen LogP contribution in [0.2, 0.25) is 0 Å². The van der Waals surface area contributed by atoms with Crippen LogP contribution in [0.4, 0.5) is 0 Å². The molecule has 10 heteroatoms. The first-order valence-electron chi connectivity index (χ1n) is 13.0. The van der Waals surface area contributed by atoms with E-state index in [2.05, 4.69) is 11.9 Å². The lowest BCUT2D eigenvalue weighted by Gasteiger charge is -2.34. The van der Waals surface area contributed by atoms with Gasteiger partial charge >= 0.3 is 5.97 Å². The van der Waals surface area contributed by atoms with Gasteiger partial charge in [-0.05, 0) is 79.9 Å². The van der Waals surface area contributed by atoms with Crippen molar-refractivity contribution in [2.24, 2.45) is 0 Å². The molecule has 1 saturated carbocycles.